The molecular weight excluding hydrogens is 285 g/mol. The number of phosphoric acid groups is 1. The maximum Gasteiger partial charge on any atom is 0.472 e. The second-order valence-electron chi connectivity index (χ2n) is 5.30. The van der Waals surface area contributed by atoms with Crippen molar-refractivity contribution in [3.8, 4) is 0 Å². The minimum Gasteiger partial charge on any atom is -0.377 e. The third-order valence-electron chi connectivity index (χ3n) is 2.31. The summed E-state index contributed by atoms with van der Waals surface area (Å²) in [5.74, 6) is 0. The molecule has 1 N–H and O–H groups in total. The number of methoxy groups -OCH3 is 1. The van der Waals surface area contributed by atoms with Gasteiger partial charge in [-0.15, -0.1) is 6.58 Å². The van der Waals surface area contributed by atoms with Crippen molar-refractivity contribution >= 4 is 7.82 Å². The molecule has 2 unspecified atom stereocenters. The summed E-state index contributed by atoms with van der Waals surface area (Å²) in [7, 11) is 3.32. The van der Waals surface area contributed by atoms with Gasteiger partial charge in [-0.05, 0) is 0 Å². The summed E-state index contributed by atoms with van der Waals surface area (Å²) >= 11 is 0. The van der Waals surface area contributed by atoms with E-state index in [1.807, 2.05) is 21.1 Å². The molecule has 0 aliphatic rings. The summed E-state index contributed by atoms with van der Waals surface area (Å²) in [5, 5.41) is 0. The zero-order valence-corrected chi connectivity index (χ0v) is 13.7. The fraction of sp³-hybridized carbons (Fsp3) is 0.833. The molecule has 0 rings (SSSR count). The smallest absolute Gasteiger partial charge is 0.377 e. The predicted molar refractivity (Wildman–Crippen MR) is 76.4 cm³/mol. The van der Waals surface area contributed by atoms with Gasteiger partial charge in [0.05, 0.1) is 41.0 Å². The maximum atomic E-state index is 11.6. The number of ether oxygens (including phenoxy) is 2. The van der Waals surface area contributed by atoms with Crippen LogP contribution in [0.3, 0.4) is 0 Å². The van der Waals surface area contributed by atoms with Gasteiger partial charge in [0.15, 0.2) is 0 Å². The van der Waals surface area contributed by atoms with E-state index in [2.05, 4.69) is 6.58 Å². The second kappa shape index (κ2) is 9.63. The zero-order chi connectivity index (χ0) is 15.6. The van der Waals surface area contributed by atoms with Crippen LogP contribution in [0.15, 0.2) is 12.7 Å². The average molecular weight is 312 g/mol. The monoisotopic (exact) mass is 312 g/mol. The van der Waals surface area contributed by atoms with Crippen LogP contribution in [0.5, 0.6) is 0 Å². The molecule has 7 nitrogen and oxygen atoms in total. The molecule has 8 heteroatoms. The summed E-state index contributed by atoms with van der Waals surface area (Å²) in [6, 6.07) is 0. The normalized spacial score (nSPS) is 16.6. The molecule has 0 saturated heterocycles. The van der Waals surface area contributed by atoms with Crippen molar-refractivity contribution in [2.75, 3.05) is 61.2 Å². The van der Waals surface area contributed by atoms with E-state index < -0.39 is 13.9 Å². The Morgan fingerprint density at radius 2 is 1.95 bits per heavy atom. The number of hydrogen-bond donors (Lipinski definition) is 1. The van der Waals surface area contributed by atoms with Crippen molar-refractivity contribution in [1.82, 2.24) is 0 Å². The number of phosphoric ester groups is 1. The lowest BCUT2D eigenvalue weighted by atomic mass is 10.4. The van der Waals surface area contributed by atoms with Gasteiger partial charge in [-0.1, -0.05) is 6.08 Å². The molecule has 0 heterocycles. The molecule has 0 radical (unpaired) electrons. The van der Waals surface area contributed by atoms with Crippen LogP contribution < -0.4 is 0 Å². The Morgan fingerprint density at radius 3 is 2.45 bits per heavy atom. The van der Waals surface area contributed by atoms with Gasteiger partial charge >= 0.3 is 7.82 Å². The third kappa shape index (κ3) is 11.5. The molecule has 0 bridgehead atoms. The van der Waals surface area contributed by atoms with E-state index in [4.69, 9.17) is 18.5 Å². The van der Waals surface area contributed by atoms with Gasteiger partial charge in [-0.3, -0.25) is 9.05 Å². The van der Waals surface area contributed by atoms with Gasteiger partial charge in [0, 0.05) is 7.11 Å². The first-order valence-electron chi connectivity index (χ1n) is 6.34. The average Bonchev–Trinajstić information content (AvgIpc) is 2.31. The summed E-state index contributed by atoms with van der Waals surface area (Å²) in [5.41, 5.74) is 0. The fourth-order valence-corrected chi connectivity index (χ4v) is 1.85. The molecule has 20 heavy (non-hydrogen) atoms. The molecular formula is C12H27NO6P+. The van der Waals surface area contributed by atoms with E-state index in [1.165, 1.54) is 7.11 Å². The Labute approximate surface area is 121 Å². The molecule has 0 saturated carbocycles. The minimum absolute atomic E-state index is 0.0776. The Balaban J connectivity index is 3.99. The van der Waals surface area contributed by atoms with E-state index in [1.54, 1.807) is 6.08 Å². The molecule has 0 aromatic carbocycles. The Bertz CT molecular complexity index is 318. The van der Waals surface area contributed by atoms with Crippen LogP contribution in [-0.4, -0.2) is 76.7 Å². The lowest BCUT2D eigenvalue weighted by molar-refractivity contribution is -0.870. The topological polar surface area (TPSA) is 74.2 Å². The van der Waals surface area contributed by atoms with E-state index in [9.17, 15) is 9.46 Å². The van der Waals surface area contributed by atoms with Crippen LogP contribution >= 0.6 is 7.82 Å². The maximum absolute atomic E-state index is 11.6. The van der Waals surface area contributed by atoms with Crippen molar-refractivity contribution in [3.05, 3.63) is 12.7 Å². The predicted octanol–water partition coefficient (Wildman–Crippen LogP) is 1.04. The molecule has 0 fully saturated rings. The Kier molecular flexibility index (Phi) is 9.50. The number of quaternary nitrogens is 1. The molecule has 0 aromatic heterocycles. The van der Waals surface area contributed by atoms with Gasteiger partial charge in [-0.2, -0.15) is 0 Å². The second-order valence-corrected chi connectivity index (χ2v) is 6.75. The van der Waals surface area contributed by atoms with Crippen molar-refractivity contribution in [2.45, 2.75) is 6.10 Å². The van der Waals surface area contributed by atoms with Gasteiger partial charge in [-0.25, -0.2) is 4.57 Å². The van der Waals surface area contributed by atoms with Crippen molar-refractivity contribution < 1.29 is 32.5 Å². The van der Waals surface area contributed by atoms with Gasteiger partial charge in [0.1, 0.15) is 19.3 Å². The third-order valence-corrected chi connectivity index (χ3v) is 3.30. The zero-order valence-electron chi connectivity index (χ0n) is 12.8. The summed E-state index contributed by atoms with van der Waals surface area (Å²) in [6.45, 7) is 4.82. The number of likely N-dealkylation sites (N-methyl/N-ethyl adjacent to an activating group) is 1. The summed E-state index contributed by atoms with van der Waals surface area (Å²) < 4.78 is 32.3. The summed E-state index contributed by atoms with van der Waals surface area (Å²) in [6.07, 6.45) is 1.18. The first kappa shape index (κ1) is 19.7. The van der Waals surface area contributed by atoms with Gasteiger partial charge in [0.2, 0.25) is 0 Å². The first-order valence-corrected chi connectivity index (χ1v) is 7.83. The number of rotatable bonds is 12. The quantitative estimate of drug-likeness (QED) is 0.251. The van der Waals surface area contributed by atoms with E-state index >= 15 is 0 Å². The molecule has 120 valence electrons. The summed E-state index contributed by atoms with van der Waals surface area (Å²) in [4.78, 5) is 9.52. The highest BCUT2D eigenvalue weighted by atomic mass is 31.2. The molecule has 0 amide bonds. The van der Waals surface area contributed by atoms with E-state index in [0.717, 1.165) is 0 Å². The van der Waals surface area contributed by atoms with Crippen molar-refractivity contribution in [2.24, 2.45) is 0 Å². The first-order chi connectivity index (χ1) is 9.20. The number of hydrogen-bond acceptors (Lipinski definition) is 5. The van der Waals surface area contributed by atoms with Crippen LogP contribution in [0, 0.1) is 0 Å². The molecule has 0 aliphatic carbocycles. The molecule has 2 atom stereocenters. The standard InChI is InChI=1S/C12H26NO6P/c1-6-8-17-10-12(16-5)11-19-20(14,15)18-9-7-13(2,3)4/h6,12H,1,7-11H2,2-5H3/p+1. The minimum atomic E-state index is -4.05. The lowest BCUT2D eigenvalue weighted by Gasteiger charge is -2.24. The van der Waals surface area contributed by atoms with Crippen LogP contribution in [0.25, 0.3) is 0 Å². The molecule has 0 spiro atoms. The van der Waals surface area contributed by atoms with E-state index in [-0.39, 0.29) is 19.8 Å². The highest BCUT2D eigenvalue weighted by Crippen LogP contribution is 2.43. The Morgan fingerprint density at radius 1 is 1.30 bits per heavy atom. The van der Waals surface area contributed by atoms with Gasteiger partial charge < -0.3 is 18.9 Å². The van der Waals surface area contributed by atoms with Crippen LogP contribution in [0.4, 0.5) is 0 Å². The lowest BCUT2D eigenvalue weighted by Crippen LogP contribution is -2.37. The highest BCUT2D eigenvalue weighted by molar-refractivity contribution is 7.47. The van der Waals surface area contributed by atoms with Crippen LogP contribution in [-0.2, 0) is 23.1 Å². The van der Waals surface area contributed by atoms with Crippen molar-refractivity contribution in [1.29, 1.82) is 0 Å². The molecule has 0 aromatic rings. The highest BCUT2D eigenvalue weighted by Gasteiger charge is 2.24. The fourth-order valence-electron chi connectivity index (χ4n) is 1.11. The van der Waals surface area contributed by atoms with Crippen molar-refractivity contribution in [3.63, 3.8) is 0 Å². The number of nitrogens with zero attached hydrogens (tertiary/aromatic N) is 1. The van der Waals surface area contributed by atoms with Gasteiger partial charge in [0.25, 0.3) is 0 Å². The SMILES string of the molecule is C=CCOCC(COP(=O)(O)OCC[N+](C)(C)C)OC. The molecule has 0 aliphatic heterocycles. The Hall–Kier alpha value is -0.270. The van der Waals surface area contributed by atoms with Crippen LogP contribution in [0.1, 0.15) is 0 Å². The largest absolute Gasteiger partial charge is 0.472 e. The van der Waals surface area contributed by atoms with E-state index in [0.29, 0.717) is 17.6 Å². The van der Waals surface area contributed by atoms with Crippen LogP contribution in [0.2, 0.25) is 0 Å².